The summed E-state index contributed by atoms with van der Waals surface area (Å²) in [6, 6.07) is 0. The zero-order valence-electron chi connectivity index (χ0n) is 6.76. The molecule has 0 amide bonds. The molecule has 0 spiro atoms. The summed E-state index contributed by atoms with van der Waals surface area (Å²) in [5.74, 6) is 1.35. The Bertz CT molecular complexity index is 133. The van der Waals surface area contributed by atoms with Crippen molar-refractivity contribution >= 4 is 13.1 Å². The van der Waals surface area contributed by atoms with Crippen LogP contribution in [0.4, 0.5) is 0 Å². The number of hydrogen-bond acceptors (Lipinski definition) is 1. The standard InChI is InChI=1S/C8H14BO/c1-6-3-4-7(9-2)8(10)5-6/h6-7H,3-5H2,1-2H3/t6-,7+/m0/s1. The van der Waals surface area contributed by atoms with Crippen molar-refractivity contribution in [2.24, 2.45) is 5.92 Å². The molecule has 0 aromatic carbocycles. The fourth-order valence-corrected chi connectivity index (χ4v) is 1.57. The molecule has 0 aromatic heterocycles. The molecule has 1 saturated carbocycles. The van der Waals surface area contributed by atoms with Crippen LogP contribution in [0.25, 0.3) is 0 Å². The molecule has 55 valence electrons. The van der Waals surface area contributed by atoms with Gasteiger partial charge in [0.25, 0.3) is 0 Å². The first-order valence-electron chi connectivity index (χ1n) is 4.06. The molecule has 0 aromatic rings. The van der Waals surface area contributed by atoms with Gasteiger partial charge in [-0.2, -0.15) is 0 Å². The summed E-state index contributed by atoms with van der Waals surface area (Å²) in [6.45, 7) is 4.14. The third-order valence-corrected chi connectivity index (χ3v) is 2.34. The molecule has 1 aliphatic carbocycles. The van der Waals surface area contributed by atoms with Crippen LogP contribution in [0.3, 0.4) is 0 Å². The number of Topliss-reactive ketones (excluding diaryl/α,β-unsaturated/α-hetero) is 1. The van der Waals surface area contributed by atoms with E-state index in [1.807, 2.05) is 14.1 Å². The maximum absolute atomic E-state index is 11.2. The Balaban J connectivity index is 2.43. The minimum Gasteiger partial charge on any atom is -0.300 e. The van der Waals surface area contributed by atoms with E-state index in [0.29, 0.717) is 11.7 Å². The average molecular weight is 137 g/mol. The van der Waals surface area contributed by atoms with Gasteiger partial charge in [0, 0.05) is 6.42 Å². The first-order valence-corrected chi connectivity index (χ1v) is 4.06. The largest absolute Gasteiger partial charge is 0.300 e. The van der Waals surface area contributed by atoms with Crippen LogP contribution in [0.1, 0.15) is 26.2 Å². The first-order chi connectivity index (χ1) is 4.74. The monoisotopic (exact) mass is 137 g/mol. The normalized spacial score (nSPS) is 34.0. The minimum absolute atomic E-state index is 0.274. The third kappa shape index (κ3) is 1.62. The van der Waals surface area contributed by atoms with Crippen LogP contribution in [-0.4, -0.2) is 13.1 Å². The molecule has 1 fully saturated rings. The van der Waals surface area contributed by atoms with Gasteiger partial charge in [0.05, 0.1) is 0 Å². The van der Waals surface area contributed by atoms with E-state index in [4.69, 9.17) is 0 Å². The topological polar surface area (TPSA) is 17.1 Å². The summed E-state index contributed by atoms with van der Waals surface area (Å²) in [6.07, 6.45) is 3.10. The summed E-state index contributed by atoms with van der Waals surface area (Å²) in [5.41, 5.74) is 0. The summed E-state index contributed by atoms with van der Waals surface area (Å²) in [5, 5.41) is 0. The molecule has 2 atom stereocenters. The second-order valence-corrected chi connectivity index (χ2v) is 3.29. The Kier molecular flexibility index (Phi) is 2.53. The Morgan fingerprint density at radius 2 is 2.20 bits per heavy atom. The second-order valence-electron chi connectivity index (χ2n) is 3.29. The van der Waals surface area contributed by atoms with E-state index in [0.717, 1.165) is 12.8 Å². The first kappa shape index (κ1) is 7.84. The van der Waals surface area contributed by atoms with E-state index >= 15 is 0 Å². The Morgan fingerprint density at radius 1 is 1.50 bits per heavy atom. The number of rotatable bonds is 1. The Morgan fingerprint density at radius 3 is 2.70 bits per heavy atom. The predicted molar refractivity (Wildman–Crippen MR) is 43.4 cm³/mol. The second kappa shape index (κ2) is 3.22. The number of hydrogen-bond donors (Lipinski definition) is 0. The van der Waals surface area contributed by atoms with E-state index in [2.05, 4.69) is 6.92 Å². The summed E-state index contributed by atoms with van der Waals surface area (Å²) in [4.78, 5) is 11.2. The van der Waals surface area contributed by atoms with E-state index in [1.165, 1.54) is 6.42 Å². The number of carbonyl (C=O) groups excluding carboxylic acids is 1. The molecule has 0 saturated heterocycles. The highest BCUT2D eigenvalue weighted by Crippen LogP contribution is 2.28. The van der Waals surface area contributed by atoms with Gasteiger partial charge in [0.2, 0.25) is 0 Å². The smallest absolute Gasteiger partial charge is 0.128 e. The predicted octanol–water partition coefficient (Wildman–Crippen LogP) is 1.92. The fourth-order valence-electron chi connectivity index (χ4n) is 1.57. The van der Waals surface area contributed by atoms with E-state index in [1.54, 1.807) is 0 Å². The van der Waals surface area contributed by atoms with Crippen LogP contribution in [0.15, 0.2) is 0 Å². The van der Waals surface area contributed by atoms with Gasteiger partial charge in [-0.15, -0.1) is 0 Å². The average Bonchev–Trinajstić information content (AvgIpc) is 1.88. The molecular formula is C8H14BO. The van der Waals surface area contributed by atoms with Crippen molar-refractivity contribution in [2.45, 2.75) is 38.8 Å². The van der Waals surface area contributed by atoms with E-state index in [-0.39, 0.29) is 5.82 Å². The summed E-state index contributed by atoms with van der Waals surface area (Å²) >= 11 is 0. The van der Waals surface area contributed by atoms with Crippen molar-refractivity contribution in [2.75, 3.05) is 0 Å². The lowest BCUT2D eigenvalue weighted by Crippen LogP contribution is -2.22. The fraction of sp³-hybridized carbons (Fsp3) is 0.875. The molecule has 10 heavy (non-hydrogen) atoms. The molecule has 0 aliphatic heterocycles. The van der Waals surface area contributed by atoms with Crippen molar-refractivity contribution in [1.82, 2.24) is 0 Å². The van der Waals surface area contributed by atoms with Gasteiger partial charge in [-0.05, 0) is 11.7 Å². The highest BCUT2D eigenvalue weighted by atomic mass is 16.1. The molecule has 0 unspecified atom stereocenters. The summed E-state index contributed by atoms with van der Waals surface area (Å²) < 4.78 is 0. The highest BCUT2D eigenvalue weighted by Gasteiger charge is 2.24. The molecule has 2 heteroatoms. The molecular weight excluding hydrogens is 123 g/mol. The van der Waals surface area contributed by atoms with Gasteiger partial charge in [-0.1, -0.05) is 26.6 Å². The van der Waals surface area contributed by atoms with Gasteiger partial charge >= 0.3 is 0 Å². The van der Waals surface area contributed by atoms with Crippen LogP contribution in [0.2, 0.25) is 12.6 Å². The maximum Gasteiger partial charge on any atom is 0.128 e. The molecule has 1 nitrogen and oxygen atoms in total. The quantitative estimate of drug-likeness (QED) is 0.504. The molecule has 1 aliphatic rings. The minimum atomic E-state index is 0.274. The van der Waals surface area contributed by atoms with Crippen LogP contribution in [0.5, 0.6) is 0 Å². The van der Waals surface area contributed by atoms with Crippen LogP contribution < -0.4 is 0 Å². The van der Waals surface area contributed by atoms with Crippen LogP contribution >= 0.6 is 0 Å². The lowest BCUT2D eigenvalue weighted by Gasteiger charge is -2.23. The SMILES string of the molecule is C[B][C@@H]1CC[C@H](C)CC1=O. The zero-order valence-corrected chi connectivity index (χ0v) is 6.76. The van der Waals surface area contributed by atoms with Crippen molar-refractivity contribution in [3.63, 3.8) is 0 Å². The zero-order chi connectivity index (χ0) is 7.56. The van der Waals surface area contributed by atoms with Gasteiger partial charge in [0.15, 0.2) is 0 Å². The molecule has 0 bridgehead atoms. The van der Waals surface area contributed by atoms with Crippen molar-refractivity contribution in [3.8, 4) is 0 Å². The van der Waals surface area contributed by atoms with Crippen molar-refractivity contribution in [1.29, 1.82) is 0 Å². The molecule has 0 N–H and O–H groups in total. The van der Waals surface area contributed by atoms with Crippen LogP contribution in [-0.2, 0) is 4.79 Å². The molecule has 1 radical (unpaired) electrons. The Labute approximate surface area is 63.4 Å². The van der Waals surface area contributed by atoms with Gasteiger partial charge in [-0.3, -0.25) is 0 Å². The van der Waals surface area contributed by atoms with Crippen molar-refractivity contribution < 1.29 is 4.79 Å². The number of carbonyl (C=O) groups is 1. The van der Waals surface area contributed by atoms with Crippen molar-refractivity contribution in [3.05, 3.63) is 0 Å². The highest BCUT2D eigenvalue weighted by molar-refractivity contribution is 6.42. The van der Waals surface area contributed by atoms with Gasteiger partial charge in [-0.25, -0.2) is 0 Å². The van der Waals surface area contributed by atoms with Gasteiger partial charge < -0.3 is 4.79 Å². The van der Waals surface area contributed by atoms with E-state index in [9.17, 15) is 4.79 Å². The Hall–Kier alpha value is -0.265. The lowest BCUT2D eigenvalue weighted by molar-refractivity contribution is -0.121. The molecule has 1 rings (SSSR count). The maximum atomic E-state index is 11.2. The third-order valence-electron chi connectivity index (χ3n) is 2.34. The van der Waals surface area contributed by atoms with E-state index < -0.39 is 0 Å². The lowest BCUT2D eigenvalue weighted by atomic mass is 9.59. The van der Waals surface area contributed by atoms with Gasteiger partial charge in [0.1, 0.15) is 13.1 Å². The van der Waals surface area contributed by atoms with Crippen LogP contribution in [0, 0.1) is 5.92 Å². The summed E-state index contributed by atoms with van der Waals surface area (Å²) in [7, 11) is 2.04. The number of ketones is 1. The molecule has 0 heterocycles.